The van der Waals surface area contributed by atoms with Crippen LogP contribution in [0.15, 0.2) is 66.7 Å². The summed E-state index contributed by atoms with van der Waals surface area (Å²) in [6, 6.07) is 21.0. The van der Waals surface area contributed by atoms with E-state index in [1.807, 2.05) is 12.1 Å². The van der Waals surface area contributed by atoms with Crippen LogP contribution in [-0.2, 0) is 11.3 Å². The molecule has 0 spiro atoms. The summed E-state index contributed by atoms with van der Waals surface area (Å²) in [7, 11) is 0. The molecule has 0 aliphatic carbocycles. The number of piperazine rings is 1. The molecule has 0 aromatic heterocycles. The Morgan fingerprint density at radius 1 is 0.923 bits per heavy atom. The molecule has 39 heavy (non-hydrogen) atoms. The summed E-state index contributed by atoms with van der Waals surface area (Å²) in [4.78, 5) is 19.1. The molecule has 0 N–H and O–H groups in total. The minimum atomic E-state index is -0.710. The lowest BCUT2D eigenvalue weighted by atomic mass is 10.1. The Balaban J connectivity index is 1.27. The Bertz CT molecular complexity index is 1330. The van der Waals surface area contributed by atoms with Crippen molar-refractivity contribution in [2.75, 3.05) is 50.7 Å². The Hall–Kier alpha value is -3.80. The van der Waals surface area contributed by atoms with Gasteiger partial charge >= 0.3 is 0 Å². The monoisotopic (exact) mass is 530 g/mol. The van der Waals surface area contributed by atoms with E-state index in [0.717, 1.165) is 42.4 Å². The topological polar surface area (TPSA) is 59.8 Å². The number of hydrogen-bond donors (Lipinski definition) is 0. The molecule has 3 aromatic carbocycles. The number of rotatable bonds is 8. The summed E-state index contributed by atoms with van der Waals surface area (Å²) < 4.78 is 34.3. The minimum absolute atomic E-state index is 0.203. The number of anilines is 1. The Kier molecular flexibility index (Phi) is 8.50. The van der Waals surface area contributed by atoms with Crippen LogP contribution in [0.4, 0.5) is 14.5 Å². The Morgan fingerprint density at radius 2 is 1.67 bits per heavy atom. The van der Waals surface area contributed by atoms with E-state index in [0.29, 0.717) is 44.9 Å². The Labute approximate surface area is 228 Å². The summed E-state index contributed by atoms with van der Waals surface area (Å²) in [5.74, 6) is -1.83. The molecule has 1 atom stereocenters. The van der Waals surface area contributed by atoms with Crippen LogP contribution in [0.2, 0.25) is 0 Å². The van der Waals surface area contributed by atoms with E-state index in [1.54, 1.807) is 17.0 Å². The molecule has 2 aliphatic rings. The van der Waals surface area contributed by atoms with Crippen molar-refractivity contribution in [2.45, 2.75) is 25.6 Å². The predicted octanol–water partition coefficient (Wildman–Crippen LogP) is 5.15. The van der Waals surface area contributed by atoms with Crippen molar-refractivity contribution >= 4 is 11.6 Å². The third-order valence-corrected chi connectivity index (χ3v) is 7.49. The fraction of sp³-hybridized carbons (Fsp3) is 0.355. The van der Waals surface area contributed by atoms with E-state index < -0.39 is 17.5 Å². The molecule has 2 fully saturated rings. The molecule has 5 rings (SSSR count). The normalized spacial score (nSPS) is 16.7. The number of hydrogen-bond acceptors (Lipinski definition) is 5. The van der Waals surface area contributed by atoms with Crippen LogP contribution in [0.3, 0.4) is 0 Å². The van der Waals surface area contributed by atoms with Gasteiger partial charge in [0.25, 0.3) is 5.91 Å². The van der Waals surface area contributed by atoms with E-state index in [9.17, 15) is 13.6 Å². The molecule has 0 radical (unpaired) electrons. The lowest BCUT2D eigenvalue weighted by Crippen LogP contribution is -2.49. The number of amides is 1. The predicted molar refractivity (Wildman–Crippen MR) is 145 cm³/mol. The SMILES string of the molecule is N#Cc1ccc(COC(CN2CCN(C(=O)c3cc(F)ccc3F)CC2)c2cccc(N3CCCC3)c2)cc1. The number of halogens is 2. The maximum atomic E-state index is 14.2. The van der Waals surface area contributed by atoms with E-state index in [1.165, 1.54) is 18.5 Å². The van der Waals surface area contributed by atoms with Crippen LogP contribution in [0.1, 0.15) is 46.0 Å². The molecular formula is C31H32F2N4O2. The molecule has 1 amide bonds. The van der Waals surface area contributed by atoms with Crippen LogP contribution in [0.25, 0.3) is 0 Å². The van der Waals surface area contributed by atoms with Gasteiger partial charge < -0.3 is 14.5 Å². The van der Waals surface area contributed by atoms with E-state index in [2.05, 4.69) is 40.1 Å². The number of carbonyl (C=O) groups excluding carboxylic acids is 1. The smallest absolute Gasteiger partial charge is 0.257 e. The number of ether oxygens (including phenoxy) is 1. The average Bonchev–Trinajstić information content (AvgIpc) is 3.52. The highest BCUT2D eigenvalue weighted by atomic mass is 19.1. The highest BCUT2D eigenvalue weighted by Crippen LogP contribution is 2.28. The van der Waals surface area contributed by atoms with Crippen molar-refractivity contribution in [3.8, 4) is 6.07 Å². The quantitative estimate of drug-likeness (QED) is 0.403. The summed E-state index contributed by atoms with van der Waals surface area (Å²) in [6.45, 7) is 5.20. The van der Waals surface area contributed by atoms with Gasteiger partial charge in [-0.05, 0) is 66.4 Å². The van der Waals surface area contributed by atoms with Crippen molar-refractivity contribution in [3.63, 3.8) is 0 Å². The number of benzene rings is 3. The van der Waals surface area contributed by atoms with Gasteiger partial charge in [-0.2, -0.15) is 5.26 Å². The molecule has 2 heterocycles. The van der Waals surface area contributed by atoms with Crippen molar-refractivity contribution in [3.05, 3.63) is 101 Å². The van der Waals surface area contributed by atoms with Gasteiger partial charge in [0, 0.05) is 51.5 Å². The molecule has 2 aliphatic heterocycles. The third-order valence-electron chi connectivity index (χ3n) is 7.49. The second-order valence-electron chi connectivity index (χ2n) is 10.1. The van der Waals surface area contributed by atoms with Crippen molar-refractivity contribution < 1.29 is 18.3 Å². The molecule has 0 bridgehead atoms. The molecular weight excluding hydrogens is 498 g/mol. The first-order valence-electron chi connectivity index (χ1n) is 13.4. The van der Waals surface area contributed by atoms with Crippen LogP contribution in [0.5, 0.6) is 0 Å². The van der Waals surface area contributed by atoms with Gasteiger partial charge in [-0.3, -0.25) is 9.69 Å². The molecule has 2 saturated heterocycles. The van der Waals surface area contributed by atoms with Crippen LogP contribution >= 0.6 is 0 Å². The first kappa shape index (κ1) is 26.8. The molecule has 3 aromatic rings. The molecule has 202 valence electrons. The third kappa shape index (κ3) is 6.62. The molecule has 8 heteroatoms. The maximum absolute atomic E-state index is 14.2. The summed E-state index contributed by atoms with van der Waals surface area (Å²) in [6.07, 6.45) is 2.20. The first-order chi connectivity index (χ1) is 19.0. The fourth-order valence-corrected chi connectivity index (χ4v) is 5.22. The average molecular weight is 531 g/mol. The zero-order valence-electron chi connectivity index (χ0n) is 21.9. The highest BCUT2D eigenvalue weighted by molar-refractivity contribution is 5.94. The van der Waals surface area contributed by atoms with Crippen LogP contribution < -0.4 is 4.90 Å². The summed E-state index contributed by atoms with van der Waals surface area (Å²) in [5, 5.41) is 9.09. The van der Waals surface area contributed by atoms with Gasteiger partial charge in [-0.25, -0.2) is 8.78 Å². The van der Waals surface area contributed by atoms with E-state index >= 15 is 0 Å². The largest absolute Gasteiger partial charge is 0.372 e. The summed E-state index contributed by atoms with van der Waals surface area (Å²) in [5.41, 5.74) is 3.66. The maximum Gasteiger partial charge on any atom is 0.257 e. The van der Waals surface area contributed by atoms with Crippen molar-refractivity contribution in [1.29, 1.82) is 5.26 Å². The zero-order chi connectivity index (χ0) is 27.2. The van der Waals surface area contributed by atoms with E-state index in [4.69, 9.17) is 10.00 Å². The second kappa shape index (κ2) is 12.4. The van der Waals surface area contributed by atoms with Crippen LogP contribution in [-0.4, -0.2) is 61.5 Å². The number of nitrogens with zero attached hydrogens (tertiary/aromatic N) is 4. The van der Waals surface area contributed by atoms with Gasteiger partial charge in [-0.1, -0.05) is 24.3 Å². The zero-order valence-corrected chi connectivity index (χ0v) is 21.9. The minimum Gasteiger partial charge on any atom is -0.372 e. The molecule has 0 saturated carbocycles. The lowest BCUT2D eigenvalue weighted by molar-refractivity contribution is 0.00339. The molecule has 6 nitrogen and oxygen atoms in total. The second-order valence-corrected chi connectivity index (χ2v) is 10.1. The van der Waals surface area contributed by atoms with Crippen molar-refractivity contribution in [2.24, 2.45) is 0 Å². The standard InChI is InChI=1S/C31H32F2N4O2/c32-26-10-11-29(33)28(19-26)31(38)37-16-14-35(15-17-37)21-30(39-22-24-8-6-23(20-34)7-9-24)25-4-3-5-27(18-25)36-12-1-2-13-36/h3-11,18-19,30H,1-2,12-17,21-22H2. The summed E-state index contributed by atoms with van der Waals surface area (Å²) >= 11 is 0. The van der Waals surface area contributed by atoms with Gasteiger partial charge in [0.2, 0.25) is 0 Å². The van der Waals surface area contributed by atoms with Gasteiger partial charge in [0.15, 0.2) is 0 Å². The fourth-order valence-electron chi connectivity index (χ4n) is 5.22. The molecule has 1 unspecified atom stereocenters. The van der Waals surface area contributed by atoms with E-state index in [-0.39, 0.29) is 11.7 Å². The lowest BCUT2D eigenvalue weighted by Gasteiger charge is -2.36. The van der Waals surface area contributed by atoms with Gasteiger partial charge in [0.05, 0.1) is 29.9 Å². The Morgan fingerprint density at radius 3 is 2.38 bits per heavy atom. The number of nitriles is 1. The highest BCUT2D eigenvalue weighted by Gasteiger charge is 2.27. The van der Waals surface area contributed by atoms with Gasteiger partial charge in [0.1, 0.15) is 11.6 Å². The number of carbonyl (C=O) groups is 1. The van der Waals surface area contributed by atoms with Gasteiger partial charge in [-0.15, -0.1) is 0 Å². The van der Waals surface area contributed by atoms with Crippen LogP contribution in [0, 0.1) is 23.0 Å². The van der Waals surface area contributed by atoms with Crippen molar-refractivity contribution in [1.82, 2.24) is 9.80 Å². The first-order valence-corrected chi connectivity index (χ1v) is 13.4.